The lowest BCUT2D eigenvalue weighted by Gasteiger charge is -2.08. The summed E-state index contributed by atoms with van der Waals surface area (Å²) in [5.41, 5.74) is 8.11. The van der Waals surface area contributed by atoms with E-state index in [0.717, 1.165) is 5.56 Å². The Bertz CT molecular complexity index is 719. The Morgan fingerprint density at radius 3 is 2.53 bits per heavy atom. The molecule has 0 saturated heterocycles. The number of anilines is 2. The number of hydrogen-bond donors (Lipinski definition) is 2. The summed E-state index contributed by atoms with van der Waals surface area (Å²) in [6, 6.07) is 4.66. The maximum absolute atomic E-state index is 12.2. The molecule has 0 aliphatic rings. The minimum absolute atomic E-state index is 0.138. The van der Waals surface area contributed by atoms with Gasteiger partial charge in [-0.3, -0.25) is 9.40 Å². The van der Waals surface area contributed by atoms with E-state index in [1.165, 1.54) is 12.1 Å². The molecule has 0 atom stereocenters. The second-order valence-corrected chi connectivity index (χ2v) is 6.11. The minimum atomic E-state index is -3.65. The van der Waals surface area contributed by atoms with Crippen LogP contribution >= 0.6 is 0 Å². The Morgan fingerprint density at radius 2 is 2.00 bits per heavy atom. The van der Waals surface area contributed by atoms with Crippen molar-refractivity contribution in [1.82, 2.24) is 9.78 Å². The molecule has 6 nitrogen and oxygen atoms in total. The minimum Gasteiger partial charge on any atom is -0.398 e. The van der Waals surface area contributed by atoms with Crippen molar-refractivity contribution in [3.05, 3.63) is 35.7 Å². The molecule has 0 amide bonds. The molecular formula is C12H16N4O2S. The van der Waals surface area contributed by atoms with Crippen molar-refractivity contribution < 1.29 is 8.42 Å². The summed E-state index contributed by atoms with van der Waals surface area (Å²) >= 11 is 0. The van der Waals surface area contributed by atoms with Crippen LogP contribution in [0.1, 0.15) is 11.3 Å². The maximum atomic E-state index is 12.2. The molecule has 0 fully saturated rings. The van der Waals surface area contributed by atoms with E-state index < -0.39 is 10.0 Å². The Labute approximate surface area is 112 Å². The Balaban J connectivity index is 2.37. The van der Waals surface area contributed by atoms with Crippen molar-refractivity contribution in [2.24, 2.45) is 7.05 Å². The zero-order valence-corrected chi connectivity index (χ0v) is 11.8. The molecule has 2 rings (SSSR count). The third kappa shape index (κ3) is 2.70. The van der Waals surface area contributed by atoms with E-state index in [-0.39, 0.29) is 4.90 Å². The number of aryl methyl sites for hydroxylation is 3. The van der Waals surface area contributed by atoms with Crippen LogP contribution in [0.2, 0.25) is 0 Å². The van der Waals surface area contributed by atoms with Crippen LogP contribution in [0.4, 0.5) is 11.4 Å². The second kappa shape index (κ2) is 4.58. The average molecular weight is 280 g/mol. The van der Waals surface area contributed by atoms with Gasteiger partial charge < -0.3 is 5.73 Å². The summed E-state index contributed by atoms with van der Waals surface area (Å²) in [6.45, 7) is 3.56. The molecule has 0 spiro atoms. The van der Waals surface area contributed by atoms with Gasteiger partial charge in [-0.05, 0) is 31.5 Å². The lowest BCUT2D eigenvalue weighted by Crippen LogP contribution is -2.13. The molecule has 3 N–H and O–H groups in total. The molecule has 2 aromatic rings. The van der Waals surface area contributed by atoms with Gasteiger partial charge in [-0.25, -0.2) is 8.42 Å². The van der Waals surface area contributed by atoms with Crippen molar-refractivity contribution in [1.29, 1.82) is 0 Å². The van der Waals surface area contributed by atoms with E-state index in [9.17, 15) is 8.42 Å². The van der Waals surface area contributed by atoms with E-state index in [4.69, 9.17) is 5.73 Å². The number of benzene rings is 1. The Morgan fingerprint density at radius 1 is 1.32 bits per heavy atom. The second-order valence-electron chi connectivity index (χ2n) is 4.43. The zero-order valence-electron chi connectivity index (χ0n) is 11.0. The molecule has 1 aromatic carbocycles. The highest BCUT2D eigenvalue weighted by Crippen LogP contribution is 2.21. The first-order valence-electron chi connectivity index (χ1n) is 5.69. The lowest BCUT2D eigenvalue weighted by atomic mass is 10.2. The van der Waals surface area contributed by atoms with Gasteiger partial charge in [-0.2, -0.15) is 5.10 Å². The third-order valence-corrected chi connectivity index (χ3v) is 4.18. The fourth-order valence-electron chi connectivity index (χ4n) is 1.69. The van der Waals surface area contributed by atoms with E-state index in [2.05, 4.69) is 9.82 Å². The summed E-state index contributed by atoms with van der Waals surface area (Å²) in [5, 5.41) is 4.09. The average Bonchev–Trinajstić information content (AvgIpc) is 2.60. The maximum Gasteiger partial charge on any atom is 0.262 e. The highest BCUT2D eigenvalue weighted by atomic mass is 32.2. The van der Waals surface area contributed by atoms with E-state index in [1.807, 2.05) is 6.92 Å². The number of nitrogens with zero attached hydrogens (tertiary/aromatic N) is 2. The van der Waals surface area contributed by atoms with Crippen molar-refractivity contribution in [2.45, 2.75) is 18.7 Å². The lowest BCUT2D eigenvalue weighted by molar-refractivity contribution is 0.601. The van der Waals surface area contributed by atoms with Crippen LogP contribution in [0.3, 0.4) is 0 Å². The van der Waals surface area contributed by atoms with Crippen molar-refractivity contribution in [3.8, 4) is 0 Å². The Kier molecular flexibility index (Phi) is 3.23. The van der Waals surface area contributed by atoms with Gasteiger partial charge in [0.1, 0.15) is 0 Å². The molecule has 0 radical (unpaired) electrons. The smallest absolute Gasteiger partial charge is 0.262 e. The molecule has 0 bridgehead atoms. The molecule has 1 aromatic heterocycles. The summed E-state index contributed by atoms with van der Waals surface area (Å²) in [6.07, 6.45) is 1.62. The van der Waals surface area contributed by atoms with Crippen molar-refractivity contribution in [3.63, 3.8) is 0 Å². The van der Waals surface area contributed by atoms with Crippen molar-refractivity contribution in [2.75, 3.05) is 10.5 Å². The number of nitrogen functional groups attached to an aromatic ring is 1. The van der Waals surface area contributed by atoms with Crippen LogP contribution < -0.4 is 10.5 Å². The molecule has 19 heavy (non-hydrogen) atoms. The molecule has 0 saturated carbocycles. The first kappa shape index (κ1) is 13.4. The largest absolute Gasteiger partial charge is 0.398 e. The predicted molar refractivity (Wildman–Crippen MR) is 74.3 cm³/mol. The topological polar surface area (TPSA) is 90.0 Å². The molecule has 0 aliphatic heterocycles. The number of rotatable bonds is 3. The van der Waals surface area contributed by atoms with Crippen LogP contribution in [0, 0.1) is 13.8 Å². The molecule has 1 heterocycles. The quantitative estimate of drug-likeness (QED) is 0.832. The fraction of sp³-hybridized carbons (Fsp3) is 0.250. The van der Waals surface area contributed by atoms with E-state index >= 15 is 0 Å². The van der Waals surface area contributed by atoms with Gasteiger partial charge in [0.25, 0.3) is 10.0 Å². The summed E-state index contributed by atoms with van der Waals surface area (Å²) in [4.78, 5) is 0.138. The number of hydrogen-bond acceptors (Lipinski definition) is 4. The number of sulfonamides is 1. The van der Waals surface area contributed by atoms with Gasteiger partial charge in [0.2, 0.25) is 0 Å². The van der Waals surface area contributed by atoms with Gasteiger partial charge in [0.15, 0.2) is 0 Å². The number of nitrogens with one attached hydrogen (secondary N) is 1. The standard InChI is InChI=1S/C12H16N4O2S/c1-8-4-5-10(6-11(8)13)19(17,18)15-12-7-16(3)14-9(12)2/h4-7,15H,13H2,1-3H3. The van der Waals surface area contributed by atoms with Gasteiger partial charge in [0, 0.05) is 18.9 Å². The number of aromatic nitrogens is 2. The van der Waals surface area contributed by atoms with Crippen LogP contribution in [0.5, 0.6) is 0 Å². The summed E-state index contributed by atoms with van der Waals surface area (Å²) in [5.74, 6) is 0. The third-order valence-electron chi connectivity index (χ3n) is 2.82. The fourth-order valence-corrected chi connectivity index (χ4v) is 2.83. The normalized spacial score (nSPS) is 11.5. The monoisotopic (exact) mass is 280 g/mol. The van der Waals surface area contributed by atoms with Gasteiger partial charge in [0.05, 0.1) is 16.3 Å². The highest BCUT2D eigenvalue weighted by molar-refractivity contribution is 7.92. The first-order chi connectivity index (χ1) is 8.79. The zero-order chi connectivity index (χ0) is 14.2. The van der Waals surface area contributed by atoms with Crippen LogP contribution in [-0.4, -0.2) is 18.2 Å². The highest BCUT2D eigenvalue weighted by Gasteiger charge is 2.17. The molecule has 7 heteroatoms. The van der Waals surface area contributed by atoms with Gasteiger partial charge in [-0.1, -0.05) is 6.07 Å². The Hall–Kier alpha value is -2.02. The van der Waals surface area contributed by atoms with Crippen LogP contribution in [0.25, 0.3) is 0 Å². The molecule has 0 unspecified atom stereocenters. The molecule has 0 aliphatic carbocycles. The van der Waals surface area contributed by atoms with Gasteiger partial charge in [-0.15, -0.1) is 0 Å². The summed E-state index contributed by atoms with van der Waals surface area (Å²) in [7, 11) is -1.91. The molecular weight excluding hydrogens is 264 g/mol. The van der Waals surface area contributed by atoms with E-state index in [1.54, 1.807) is 30.9 Å². The van der Waals surface area contributed by atoms with E-state index in [0.29, 0.717) is 17.1 Å². The van der Waals surface area contributed by atoms with Gasteiger partial charge >= 0.3 is 0 Å². The predicted octanol–water partition coefficient (Wildman–Crippen LogP) is 1.42. The van der Waals surface area contributed by atoms with Crippen LogP contribution in [0.15, 0.2) is 29.3 Å². The first-order valence-corrected chi connectivity index (χ1v) is 7.17. The van der Waals surface area contributed by atoms with Crippen molar-refractivity contribution >= 4 is 21.4 Å². The van der Waals surface area contributed by atoms with Crippen LogP contribution in [-0.2, 0) is 17.1 Å². The SMILES string of the molecule is Cc1ccc(S(=O)(=O)Nc2cn(C)nc2C)cc1N. The summed E-state index contributed by atoms with van der Waals surface area (Å²) < 4.78 is 28.5. The molecule has 102 valence electrons. The number of nitrogens with two attached hydrogens (primary N) is 1.